The largest absolute Gasteiger partial charge is 0.464 e. The maximum Gasteiger partial charge on any atom is 0.407 e. The molecule has 0 spiro atoms. The molecule has 1 aromatic heterocycles. The number of alkyl carbamates (subject to hydrolysis) is 1. The number of carbonyl (C=O) groups excluding carboxylic acids is 3. The Hall–Kier alpha value is -2.77. The third-order valence-electron chi connectivity index (χ3n) is 2.64. The van der Waals surface area contributed by atoms with E-state index in [9.17, 15) is 14.4 Å². The third kappa shape index (κ3) is 5.31. The summed E-state index contributed by atoms with van der Waals surface area (Å²) in [5.41, 5.74) is 0.797. The van der Waals surface area contributed by atoms with E-state index in [1.54, 1.807) is 17.8 Å². The van der Waals surface area contributed by atoms with Gasteiger partial charge in [-0.15, -0.1) is 0 Å². The highest BCUT2D eigenvalue weighted by Crippen LogP contribution is 2.13. The van der Waals surface area contributed by atoms with Gasteiger partial charge in [0.2, 0.25) is 5.91 Å². The van der Waals surface area contributed by atoms with Gasteiger partial charge in [0.05, 0.1) is 12.8 Å². The van der Waals surface area contributed by atoms with Crippen molar-refractivity contribution in [1.82, 2.24) is 9.88 Å². The van der Waals surface area contributed by atoms with Gasteiger partial charge < -0.3 is 24.7 Å². The molecule has 8 heteroatoms. The van der Waals surface area contributed by atoms with E-state index >= 15 is 0 Å². The van der Waals surface area contributed by atoms with E-state index in [-0.39, 0.29) is 25.5 Å². The second kappa shape index (κ2) is 8.50. The van der Waals surface area contributed by atoms with Crippen molar-refractivity contribution in [3.05, 3.63) is 30.6 Å². The van der Waals surface area contributed by atoms with Crippen LogP contribution in [0.1, 0.15) is 16.9 Å². The van der Waals surface area contributed by atoms with Crippen molar-refractivity contribution < 1.29 is 23.9 Å². The zero-order valence-electron chi connectivity index (χ0n) is 12.5. The van der Waals surface area contributed by atoms with Crippen LogP contribution >= 0.6 is 0 Å². The molecule has 0 aliphatic rings. The molecular formula is C14H19N3O5. The minimum atomic E-state index is -0.611. The van der Waals surface area contributed by atoms with Gasteiger partial charge in [0.1, 0.15) is 12.3 Å². The summed E-state index contributed by atoms with van der Waals surface area (Å²) < 4.78 is 10.9. The number of hydrogen-bond donors (Lipinski definition) is 2. The highest BCUT2D eigenvalue weighted by Gasteiger charge is 2.13. The van der Waals surface area contributed by atoms with Crippen LogP contribution in [0.25, 0.3) is 0 Å². The van der Waals surface area contributed by atoms with E-state index < -0.39 is 12.1 Å². The van der Waals surface area contributed by atoms with Gasteiger partial charge in [-0.3, -0.25) is 4.79 Å². The quantitative estimate of drug-likeness (QED) is 0.579. The molecule has 1 heterocycles. The third-order valence-corrected chi connectivity index (χ3v) is 2.64. The van der Waals surface area contributed by atoms with Crippen molar-refractivity contribution >= 4 is 23.7 Å². The second-order valence-electron chi connectivity index (χ2n) is 4.33. The number of nitrogens with one attached hydrogen (secondary N) is 2. The standard InChI is InChI=1S/C14H19N3O5/c1-4-7-22-14(20)15-6-5-12(18)16-10-8-11(13(19)21-3)17(2)9-10/h4,8-9H,1,5-7H2,2-3H3,(H,15,20)(H,16,18). The lowest BCUT2D eigenvalue weighted by molar-refractivity contribution is -0.116. The summed E-state index contributed by atoms with van der Waals surface area (Å²) in [4.78, 5) is 34.3. The summed E-state index contributed by atoms with van der Waals surface area (Å²) in [5.74, 6) is -0.791. The number of aryl methyl sites for hydroxylation is 1. The van der Waals surface area contributed by atoms with E-state index in [0.717, 1.165) is 0 Å². The minimum Gasteiger partial charge on any atom is -0.464 e. The first kappa shape index (κ1) is 17.3. The highest BCUT2D eigenvalue weighted by molar-refractivity contribution is 5.94. The predicted octanol–water partition coefficient (Wildman–Crippen LogP) is 1.05. The van der Waals surface area contributed by atoms with E-state index in [0.29, 0.717) is 11.4 Å². The number of esters is 1. The number of nitrogens with zero attached hydrogens (tertiary/aromatic N) is 1. The first-order valence-electron chi connectivity index (χ1n) is 6.54. The molecule has 8 nitrogen and oxygen atoms in total. The summed E-state index contributed by atoms with van der Waals surface area (Å²) in [5, 5.41) is 5.05. The number of amides is 2. The molecule has 0 radical (unpaired) electrons. The lowest BCUT2D eigenvalue weighted by atomic mass is 10.3. The molecular weight excluding hydrogens is 290 g/mol. The molecule has 2 N–H and O–H groups in total. The van der Waals surface area contributed by atoms with Crippen LogP contribution in [0.3, 0.4) is 0 Å². The molecule has 0 saturated carbocycles. The fraction of sp³-hybridized carbons (Fsp3) is 0.357. The van der Waals surface area contributed by atoms with Gasteiger partial charge in [-0.1, -0.05) is 12.7 Å². The van der Waals surface area contributed by atoms with Crippen LogP contribution in [0.5, 0.6) is 0 Å². The Kier molecular flexibility index (Phi) is 6.68. The summed E-state index contributed by atoms with van der Waals surface area (Å²) >= 11 is 0. The zero-order valence-corrected chi connectivity index (χ0v) is 12.5. The maximum absolute atomic E-state index is 11.7. The SMILES string of the molecule is C=CCOC(=O)NCCC(=O)Nc1cc(C(=O)OC)n(C)c1. The van der Waals surface area contributed by atoms with Crippen LogP contribution in [0.15, 0.2) is 24.9 Å². The average molecular weight is 309 g/mol. The van der Waals surface area contributed by atoms with Crippen LogP contribution in [-0.4, -0.2) is 42.8 Å². The molecule has 2 amide bonds. The number of aromatic nitrogens is 1. The molecule has 0 saturated heterocycles. The van der Waals surface area contributed by atoms with E-state index in [1.807, 2.05) is 0 Å². The van der Waals surface area contributed by atoms with Crippen LogP contribution in [0.4, 0.5) is 10.5 Å². The van der Waals surface area contributed by atoms with Gasteiger partial charge in [0.25, 0.3) is 0 Å². The Balaban J connectivity index is 2.41. The molecule has 0 fully saturated rings. The van der Waals surface area contributed by atoms with Gasteiger partial charge >= 0.3 is 12.1 Å². The number of anilines is 1. The smallest absolute Gasteiger partial charge is 0.407 e. The number of methoxy groups -OCH3 is 1. The molecule has 0 aromatic carbocycles. The van der Waals surface area contributed by atoms with Crippen LogP contribution < -0.4 is 10.6 Å². The summed E-state index contributed by atoms with van der Waals surface area (Å²) in [6.07, 6.45) is 2.50. The molecule has 22 heavy (non-hydrogen) atoms. The topological polar surface area (TPSA) is 98.7 Å². The van der Waals surface area contributed by atoms with E-state index in [4.69, 9.17) is 4.74 Å². The van der Waals surface area contributed by atoms with E-state index in [2.05, 4.69) is 21.9 Å². The molecule has 120 valence electrons. The van der Waals surface area contributed by atoms with Crippen LogP contribution in [0, 0.1) is 0 Å². The maximum atomic E-state index is 11.7. The monoisotopic (exact) mass is 309 g/mol. The zero-order chi connectivity index (χ0) is 16.5. The van der Waals surface area contributed by atoms with Crippen molar-refractivity contribution in [2.75, 3.05) is 25.6 Å². The average Bonchev–Trinajstić information content (AvgIpc) is 2.84. The van der Waals surface area contributed by atoms with Crippen molar-refractivity contribution in [2.24, 2.45) is 7.05 Å². The lowest BCUT2D eigenvalue weighted by Gasteiger charge is -2.05. The van der Waals surface area contributed by atoms with Crippen LogP contribution in [0.2, 0.25) is 0 Å². The molecule has 1 aromatic rings. The van der Waals surface area contributed by atoms with Gasteiger partial charge in [0, 0.05) is 26.2 Å². The van der Waals surface area contributed by atoms with Crippen molar-refractivity contribution in [1.29, 1.82) is 0 Å². The Morgan fingerprint density at radius 3 is 2.77 bits per heavy atom. The number of hydrogen-bond acceptors (Lipinski definition) is 5. The van der Waals surface area contributed by atoms with Crippen molar-refractivity contribution in [3.63, 3.8) is 0 Å². The highest BCUT2D eigenvalue weighted by atomic mass is 16.5. The van der Waals surface area contributed by atoms with Crippen molar-refractivity contribution in [2.45, 2.75) is 6.42 Å². The number of rotatable bonds is 7. The number of ether oxygens (including phenoxy) is 2. The fourth-order valence-corrected chi connectivity index (χ4v) is 1.63. The van der Waals surface area contributed by atoms with Crippen molar-refractivity contribution in [3.8, 4) is 0 Å². The van der Waals surface area contributed by atoms with Gasteiger partial charge in [-0.2, -0.15) is 0 Å². The molecule has 0 aliphatic heterocycles. The van der Waals surface area contributed by atoms with Gasteiger partial charge in [-0.25, -0.2) is 9.59 Å². The summed E-state index contributed by atoms with van der Waals surface area (Å²) in [6.45, 7) is 3.66. The Morgan fingerprint density at radius 1 is 1.41 bits per heavy atom. The summed E-state index contributed by atoms with van der Waals surface area (Å²) in [6, 6.07) is 1.51. The first-order valence-corrected chi connectivity index (χ1v) is 6.54. The predicted molar refractivity (Wildman–Crippen MR) is 79.5 cm³/mol. The molecule has 1 rings (SSSR count). The summed E-state index contributed by atoms with van der Waals surface area (Å²) in [7, 11) is 2.95. The van der Waals surface area contributed by atoms with Gasteiger partial charge in [-0.05, 0) is 6.07 Å². The van der Waals surface area contributed by atoms with E-state index in [1.165, 1.54) is 19.3 Å². The van der Waals surface area contributed by atoms with Crippen LogP contribution in [-0.2, 0) is 21.3 Å². The second-order valence-corrected chi connectivity index (χ2v) is 4.33. The lowest BCUT2D eigenvalue weighted by Crippen LogP contribution is -2.28. The Bertz CT molecular complexity index is 565. The molecule has 0 bridgehead atoms. The first-order chi connectivity index (χ1) is 10.5. The fourth-order valence-electron chi connectivity index (χ4n) is 1.63. The minimum absolute atomic E-state index is 0.0750. The Labute approximate surface area is 128 Å². The number of carbonyl (C=O) groups is 3. The van der Waals surface area contributed by atoms with Gasteiger partial charge in [0.15, 0.2) is 0 Å². The molecule has 0 unspecified atom stereocenters. The molecule has 0 atom stereocenters. The Morgan fingerprint density at radius 2 is 2.14 bits per heavy atom. The molecule has 0 aliphatic carbocycles. The normalized spacial score (nSPS) is 9.73.